The Balaban J connectivity index is 1.78. The molecule has 0 aliphatic carbocycles. The number of amides is 1. The van der Waals surface area contributed by atoms with Crippen LogP contribution in [0, 0.1) is 0 Å². The molecule has 1 unspecified atom stereocenters. The van der Waals surface area contributed by atoms with Crippen LogP contribution in [0.5, 0.6) is 5.88 Å². The van der Waals surface area contributed by atoms with E-state index in [1.165, 1.54) is 12.4 Å². The molecule has 1 atom stereocenters. The lowest BCUT2D eigenvalue weighted by Gasteiger charge is -2.39. The number of piperazine rings is 1. The lowest BCUT2D eigenvalue weighted by atomic mass is 10.2. The Morgan fingerprint density at radius 2 is 1.96 bits per heavy atom. The van der Waals surface area contributed by atoms with Gasteiger partial charge in [0.05, 0.1) is 11.2 Å². The summed E-state index contributed by atoms with van der Waals surface area (Å²) in [5.41, 5.74) is 0.689. The van der Waals surface area contributed by atoms with Gasteiger partial charge < -0.3 is 9.64 Å². The van der Waals surface area contributed by atoms with Crippen molar-refractivity contribution in [3.8, 4) is 5.88 Å². The molecule has 0 spiro atoms. The number of halogens is 1. The highest BCUT2D eigenvalue weighted by atomic mass is 35.5. The third-order valence-electron chi connectivity index (χ3n) is 4.70. The molecule has 9 nitrogen and oxygen atoms in total. The van der Waals surface area contributed by atoms with Gasteiger partial charge in [-0.15, -0.1) is 0 Å². The first-order chi connectivity index (χ1) is 13.1. The monoisotopic (exact) mass is 388 g/mol. The van der Waals surface area contributed by atoms with Crippen molar-refractivity contribution in [1.29, 1.82) is 0 Å². The van der Waals surface area contributed by atoms with E-state index >= 15 is 0 Å². The van der Waals surface area contributed by atoms with E-state index in [1.54, 1.807) is 17.0 Å². The highest BCUT2D eigenvalue weighted by Gasteiger charge is 2.45. The first kappa shape index (κ1) is 17.8. The van der Waals surface area contributed by atoms with Crippen LogP contribution in [-0.4, -0.2) is 70.4 Å². The summed E-state index contributed by atoms with van der Waals surface area (Å²) in [5, 5.41) is 0.483. The maximum Gasteiger partial charge on any atom is 0.299 e. The molecule has 4 rings (SSSR count). The minimum absolute atomic E-state index is 0.0570. The molecule has 2 aliphatic rings. The van der Waals surface area contributed by atoms with Crippen LogP contribution in [0.4, 0.5) is 5.82 Å². The van der Waals surface area contributed by atoms with E-state index in [9.17, 15) is 9.59 Å². The number of fused-ring (bicyclic) bond motifs is 1. The van der Waals surface area contributed by atoms with Gasteiger partial charge in [0.2, 0.25) is 5.88 Å². The van der Waals surface area contributed by atoms with Crippen molar-refractivity contribution >= 4 is 29.8 Å². The van der Waals surface area contributed by atoms with Gasteiger partial charge in [0, 0.05) is 32.4 Å². The third-order valence-corrected chi connectivity index (χ3v) is 4.92. The summed E-state index contributed by atoms with van der Waals surface area (Å²) in [6.45, 7) is 3.51. The average Bonchev–Trinajstić information content (AvgIpc) is 2.96. The van der Waals surface area contributed by atoms with Gasteiger partial charge in [-0.25, -0.2) is 15.0 Å². The predicted octanol–water partition coefficient (Wildman–Crippen LogP) is 0.967. The Hall–Kier alpha value is -2.62. The summed E-state index contributed by atoms with van der Waals surface area (Å²) < 4.78 is 4.83. The van der Waals surface area contributed by atoms with Crippen molar-refractivity contribution in [2.45, 2.75) is 6.17 Å². The molecular formula is C17H17ClN6O3. The molecule has 0 aromatic carbocycles. The third kappa shape index (κ3) is 3.25. The normalized spacial score (nSPS) is 20.6. The van der Waals surface area contributed by atoms with Crippen LogP contribution in [0.15, 0.2) is 24.5 Å². The number of rotatable bonds is 4. The number of carbonyl (C=O) groups excluding carboxylic acids is 2. The van der Waals surface area contributed by atoms with Crippen molar-refractivity contribution < 1.29 is 14.3 Å². The van der Waals surface area contributed by atoms with E-state index in [-0.39, 0.29) is 24.0 Å². The van der Waals surface area contributed by atoms with Gasteiger partial charge in [-0.1, -0.05) is 11.6 Å². The van der Waals surface area contributed by atoms with E-state index in [0.29, 0.717) is 16.5 Å². The molecule has 0 bridgehead atoms. The molecule has 10 heteroatoms. The molecule has 2 aromatic heterocycles. The lowest BCUT2D eigenvalue weighted by molar-refractivity contribution is -0.121. The Morgan fingerprint density at radius 1 is 1.19 bits per heavy atom. The summed E-state index contributed by atoms with van der Waals surface area (Å²) >= 11 is 5.94. The second-order valence-electron chi connectivity index (χ2n) is 6.38. The molecule has 4 heterocycles. The quantitative estimate of drug-likeness (QED) is 0.715. The molecule has 27 heavy (non-hydrogen) atoms. The summed E-state index contributed by atoms with van der Waals surface area (Å²) in [7, 11) is 2.05. The molecule has 1 fully saturated rings. The maximum absolute atomic E-state index is 13.1. The van der Waals surface area contributed by atoms with Crippen LogP contribution < -0.4 is 9.64 Å². The number of nitrogens with zero attached hydrogens (tertiary/aromatic N) is 6. The lowest BCUT2D eigenvalue weighted by Crippen LogP contribution is -2.50. The highest BCUT2D eigenvalue weighted by molar-refractivity contribution is 6.30. The Morgan fingerprint density at radius 3 is 2.63 bits per heavy atom. The fourth-order valence-corrected chi connectivity index (χ4v) is 3.44. The van der Waals surface area contributed by atoms with E-state index in [0.717, 1.165) is 26.2 Å². The Kier molecular flexibility index (Phi) is 4.73. The topological polar surface area (TPSA) is 91.8 Å². The minimum atomic E-state index is -0.474. The zero-order chi connectivity index (χ0) is 19.0. The zero-order valence-corrected chi connectivity index (χ0v) is 15.3. The summed E-state index contributed by atoms with van der Waals surface area (Å²) in [6, 6.07) is 3.38. The van der Waals surface area contributed by atoms with Crippen LogP contribution in [0.1, 0.15) is 22.3 Å². The van der Waals surface area contributed by atoms with Crippen LogP contribution in [0.25, 0.3) is 0 Å². The fraction of sp³-hybridized carbons (Fsp3) is 0.353. The summed E-state index contributed by atoms with van der Waals surface area (Å²) in [6.07, 6.45) is 2.29. The van der Waals surface area contributed by atoms with E-state index < -0.39 is 6.17 Å². The molecule has 0 radical (unpaired) electrons. The Bertz CT molecular complexity index is 869. The highest BCUT2D eigenvalue weighted by Crippen LogP contribution is 2.38. The number of ether oxygens (including phenoxy) is 1. The van der Waals surface area contributed by atoms with Gasteiger partial charge in [0.1, 0.15) is 17.7 Å². The van der Waals surface area contributed by atoms with Crippen LogP contribution >= 0.6 is 11.6 Å². The number of hydrogen-bond acceptors (Lipinski definition) is 8. The minimum Gasteiger partial charge on any atom is -0.408 e. The van der Waals surface area contributed by atoms with Crippen LogP contribution in [-0.2, 0) is 4.79 Å². The van der Waals surface area contributed by atoms with Crippen molar-refractivity contribution in [1.82, 2.24) is 24.8 Å². The maximum atomic E-state index is 13.1. The van der Waals surface area contributed by atoms with Crippen molar-refractivity contribution in [2.24, 2.45) is 0 Å². The van der Waals surface area contributed by atoms with Gasteiger partial charge in [-0.05, 0) is 19.2 Å². The van der Waals surface area contributed by atoms with Gasteiger partial charge in [-0.3, -0.25) is 19.4 Å². The molecule has 140 valence electrons. The van der Waals surface area contributed by atoms with Gasteiger partial charge in [0.25, 0.3) is 12.4 Å². The standard InChI is InChI=1S/C17H17ClN6O3/c1-22-4-6-23(7-5-22)16-14-15(20-9-13(21-14)27-10-25)17(26)24(16)12-3-2-11(18)8-19-12/h2-3,8-10,16H,4-7H2,1H3. The molecule has 0 saturated carbocycles. The second kappa shape index (κ2) is 7.18. The van der Waals surface area contributed by atoms with Gasteiger partial charge in [0.15, 0.2) is 5.69 Å². The first-order valence-corrected chi connectivity index (χ1v) is 8.81. The van der Waals surface area contributed by atoms with E-state index in [4.69, 9.17) is 16.3 Å². The summed E-state index contributed by atoms with van der Waals surface area (Å²) in [4.78, 5) is 42.5. The number of carbonyl (C=O) groups is 2. The second-order valence-corrected chi connectivity index (χ2v) is 6.82. The first-order valence-electron chi connectivity index (χ1n) is 8.43. The Labute approximate surface area is 160 Å². The number of aromatic nitrogens is 3. The molecule has 1 amide bonds. The predicted molar refractivity (Wildman–Crippen MR) is 96.6 cm³/mol. The van der Waals surface area contributed by atoms with E-state index in [1.807, 2.05) is 0 Å². The van der Waals surface area contributed by atoms with Crippen LogP contribution in [0.2, 0.25) is 5.02 Å². The van der Waals surface area contributed by atoms with Crippen molar-refractivity contribution in [3.05, 3.63) is 40.9 Å². The molecular weight excluding hydrogens is 372 g/mol. The number of anilines is 1. The average molecular weight is 389 g/mol. The molecule has 2 aromatic rings. The van der Waals surface area contributed by atoms with Gasteiger partial charge >= 0.3 is 0 Å². The molecule has 1 saturated heterocycles. The van der Waals surface area contributed by atoms with Gasteiger partial charge in [-0.2, -0.15) is 0 Å². The largest absolute Gasteiger partial charge is 0.408 e. The zero-order valence-electron chi connectivity index (χ0n) is 14.6. The van der Waals surface area contributed by atoms with Crippen molar-refractivity contribution in [2.75, 3.05) is 38.1 Å². The number of hydrogen-bond donors (Lipinski definition) is 0. The SMILES string of the molecule is CN1CCN(C2c3nc(OC=O)cnc3C(=O)N2c2ccc(Cl)cn2)CC1. The summed E-state index contributed by atoms with van der Waals surface area (Å²) in [5.74, 6) is 0.224. The van der Waals surface area contributed by atoms with Crippen molar-refractivity contribution in [3.63, 3.8) is 0 Å². The molecule has 2 aliphatic heterocycles. The molecule has 0 N–H and O–H groups in total. The number of pyridine rings is 1. The number of likely N-dealkylation sites (N-methyl/N-ethyl adjacent to an activating group) is 1. The smallest absolute Gasteiger partial charge is 0.299 e. The van der Waals surface area contributed by atoms with Crippen LogP contribution in [0.3, 0.4) is 0 Å². The van der Waals surface area contributed by atoms with E-state index in [2.05, 4.69) is 31.8 Å². The fourth-order valence-electron chi connectivity index (χ4n) is 3.33.